The SMILES string of the molecule is C.CC(=O)OCC(O)CCl.CCOP(=O)(Cc1csc(NC(=O)c2cc(Oc3ccc(S(C)(=O)=O)cc3)cc(OC3COC3)c2)n1)OCC. The summed E-state index contributed by atoms with van der Waals surface area (Å²) in [4.78, 5) is 27.8. The normalized spacial score (nSPS) is 13.5. The summed E-state index contributed by atoms with van der Waals surface area (Å²) < 4.78 is 68.3. The van der Waals surface area contributed by atoms with Crippen LogP contribution in [0.5, 0.6) is 17.2 Å². The van der Waals surface area contributed by atoms with Crippen LogP contribution in [0.25, 0.3) is 0 Å². The smallest absolute Gasteiger partial charge is 0.336 e. The average Bonchev–Trinajstić information content (AvgIpc) is 3.43. The molecule has 1 unspecified atom stereocenters. The van der Waals surface area contributed by atoms with Crippen LogP contribution in [0.15, 0.2) is 52.7 Å². The number of anilines is 1. The zero-order valence-corrected chi connectivity index (χ0v) is 30.0. The summed E-state index contributed by atoms with van der Waals surface area (Å²) in [6.07, 6.45) is 0.235. The molecule has 2 aromatic carbocycles. The molecule has 0 bridgehead atoms. The van der Waals surface area contributed by atoms with Crippen molar-refractivity contribution in [1.29, 1.82) is 0 Å². The molecule has 0 radical (unpaired) electrons. The largest absolute Gasteiger partial charge is 0.485 e. The van der Waals surface area contributed by atoms with Crippen LogP contribution >= 0.6 is 30.5 Å². The highest BCUT2D eigenvalue weighted by Gasteiger charge is 2.26. The van der Waals surface area contributed by atoms with Gasteiger partial charge in [-0.05, 0) is 50.2 Å². The number of rotatable bonds is 16. The Kier molecular flexibility index (Phi) is 17.1. The molecule has 1 atom stereocenters. The maximum Gasteiger partial charge on any atom is 0.336 e. The third kappa shape index (κ3) is 14.4. The predicted octanol–water partition coefficient (Wildman–Crippen LogP) is 5.92. The number of esters is 1. The number of aliphatic hydroxyl groups is 1. The number of sulfone groups is 1. The lowest BCUT2D eigenvalue weighted by Gasteiger charge is -2.27. The lowest BCUT2D eigenvalue weighted by atomic mass is 10.2. The van der Waals surface area contributed by atoms with E-state index in [0.29, 0.717) is 41.3 Å². The molecule has 1 amide bonds. The molecule has 0 saturated carbocycles. The van der Waals surface area contributed by atoms with Gasteiger partial charge in [0, 0.05) is 30.2 Å². The number of hydrogen-bond acceptors (Lipinski definition) is 14. The molecule has 272 valence electrons. The van der Waals surface area contributed by atoms with Crippen LogP contribution in [0, 0.1) is 0 Å². The number of ether oxygens (including phenoxy) is 4. The van der Waals surface area contributed by atoms with E-state index in [1.807, 2.05) is 0 Å². The second kappa shape index (κ2) is 19.9. The van der Waals surface area contributed by atoms with E-state index in [-0.39, 0.29) is 55.9 Å². The van der Waals surface area contributed by atoms with Crippen molar-refractivity contribution in [3.05, 3.63) is 59.1 Å². The van der Waals surface area contributed by atoms with E-state index in [1.165, 1.54) is 48.6 Å². The highest BCUT2D eigenvalue weighted by molar-refractivity contribution is 7.90. The molecule has 14 nitrogen and oxygen atoms in total. The fraction of sp³-hybridized carbons (Fsp3) is 0.452. The third-order valence-corrected chi connectivity index (χ3v) is 10.3. The van der Waals surface area contributed by atoms with Crippen LogP contribution in [0.1, 0.15) is 44.2 Å². The van der Waals surface area contributed by atoms with Crippen molar-refractivity contribution in [3.8, 4) is 17.2 Å². The molecule has 1 saturated heterocycles. The van der Waals surface area contributed by atoms with Gasteiger partial charge in [0.25, 0.3) is 5.91 Å². The van der Waals surface area contributed by atoms with Crippen LogP contribution in [-0.2, 0) is 43.9 Å². The van der Waals surface area contributed by atoms with E-state index >= 15 is 0 Å². The number of alkyl halides is 1. The lowest BCUT2D eigenvalue weighted by Crippen LogP contribution is -2.38. The molecule has 3 aromatic rings. The van der Waals surface area contributed by atoms with Crippen molar-refractivity contribution in [2.45, 2.75) is 51.5 Å². The van der Waals surface area contributed by atoms with Gasteiger partial charge in [0.05, 0.1) is 49.1 Å². The van der Waals surface area contributed by atoms with Crippen LogP contribution < -0.4 is 14.8 Å². The van der Waals surface area contributed by atoms with Crippen LogP contribution in [0.4, 0.5) is 5.13 Å². The quantitative estimate of drug-likeness (QED) is 0.0996. The Bertz CT molecular complexity index is 1660. The Morgan fingerprint density at radius 3 is 2.27 bits per heavy atom. The van der Waals surface area contributed by atoms with Crippen LogP contribution in [0.3, 0.4) is 0 Å². The first-order valence-corrected chi connectivity index (χ1v) is 19.7. The molecule has 0 spiro atoms. The average molecular weight is 765 g/mol. The Balaban J connectivity index is 0.000000733. The van der Waals surface area contributed by atoms with E-state index in [0.717, 1.165) is 6.26 Å². The Labute approximate surface area is 295 Å². The maximum absolute atomic E-state index is 13.1. The zero-order valence-electron chi connectivity index (χ0n) is 26.8. The van der Waals surface area contributed by atoms with Crippen molar-refractivity contribution in [3.63, 3.8) is 0 Å². The minimum atomic E-state index is -3.35. The summed E-state index contributed by atoms with van der Waals surface area (Å²) in [6.45, 7) is 6.09. The van der Waals surface area contributed by atoms with E-state index in [1.54, 1.807) is 31.4 Å². The van der Waals surface area contributed by atoms with Crippen molar-refractivity contribution in [2.24, 2.45) is 0 Å². The van der Waals surface area contributed by atoms with Gasteiger partial charge in [-0.1, -0.05) is 7.43 Å². The number of aliphatic hydroxyl groups excluding tert-OH is 1. The van der Waals surface area contributed by atoms with Crippen LogP contribution in [0.2, 0.25) is 0 Å². The number of nitrogens with one attached hydrogen (secondary N) is 1. The number of thiazole rings is 1. The number of hydrogen-bond donors (Lipinski definition) is 2. The van der Waals surface area contributed by atoms with Gasteiger partial charge in [0.2, 0.25) is 0 Å². The summed E-state index contributed by atoms with van der Waals surface area (Å²) >= 11 is 6.38. The summed E-state index contributed by atoms with van der Waals surface area (Å²) in [6, 6.07) is 10.7. The van der Waals surface area contributed by atoms with Gasteiger partial charge in [-0.25, -0.2) is 13.4 Å². The van der Waals surface area contributed by atoms with Gasteiger partial charge < -0.3 is 33.1 Å². The standard InChI is InChI=1S/C25H29N2O9PS2.C5H9ClO3.CH4/c1-4-33-37(29,34-5-2)15-18-16-38-25(26-18)27-24(28)17-10-20(12-21(11-17)36-22-13-32-14-22)35-19-6-8-23(9-7-19)39(3,30)31;1-4(7)9-3-5(8)2-6;/h6-12,16,22H,4-5,13-15H2,1-3H3,(H,26,27,28);5,8H,2-3H2,1H3;1H4. The highest BCUT2D eigenvalue weighted by atomic mass is 35.5. The molecule has 1 aromatic heterocycles. The van der Waals surface area contributed by atoms with Gasteiger partial charge in [0.1, 0.15) is 36.1 Å². The van der Waals surface area contributed by atoms with E-state index in [4.69, 9.17) is 40.0 Å². The van der Waals surface area contributed by atoms with Crippen molar-refractivity contribution >= 4 is 57.4 Å². The molecule has 1 aliphatic heterocycles. The van der Waals surface area contributed by atoms with Gasteiger partial charge in [-0.15, -0.1) is 22.9 Å². The number of benzene rings is 2. The second-order valence-corrected chi connectivity index (χ2v) is 15.4. The summed E-state index contributed by atoms with van der Waals surface area (Å²) in [5.74, 6) is 0.343. The molecule has 1 fully saturated rings. The van der Waals surface area contributed by atoms with Crippen molar-refractivity contribution in [2.75, 3.05) is 50.5 Å². The van der Waals surface area contributed by atoms with Crippen molar-refractivity contribution in [1.82, 2.24) is 4.98 Å². The fourth-order valence-corrected chi connectivity index (χ4v) is 6.93. The van der Waals surface area contributed by atoms with E-state index in [2.05, 4.69) is 15.0 Å². The lowest BCUT2D eigenvalue weighted by molar-refractivity contribution is -0.143. The number of halogens is 1. The van der Waals surface area contributed by atoms with Crippen molar-refractivity contribution < 1.29 is 55.7 Å². The monoisotopic (exact) mass is 764 g/mol. The van der Waals surface area contributed by atoms with Gasteiger partial charge >= 0.3 is 13.6 Å². The molecule has 2 N–H and O–H groups in total. The number of carbonyl (C=O) groups excluding carboxylic acids is 2. The van der Waals surface area contributed by atoms with E-state index < -0.39 is 35.4 Å². The molecular formula is C31H42ClN2O12PS2. The minimum absolute atomic E-state index is 0. The van der Waals surface area contributed by atoms with Gasteiger partial charge in [-0.2, -0.15) is 0 Å². The first-order chi connectivity index (χ1) is 22.7. The Morgan fingerprint density at radius 1 is 1.10 bits per heavy atom. The third-order valence-electron chi connectivity index (χ3n) is 5.98. The molecule has 1 aliphatic rings. The molecule has 0 aliphatic carbocycles. The summed E-state index contributed by atoms with van der Waals surface area (Å²) in [5, 5.41) is 13.4. The second-order valence-electron chi connectivity index (χ2n) is 10.1. The van der Waals surface area contributed by atoms with Gasteiger partial charge in [0.15, 0.2) is 15.0 Å². The summed E-state index contributed by atoms with van der Waals surface area (Å²) in [7, 11) is -6.68. The maximum atomic E-state index is 13.1. The first kappa shape index (κ1) is 42.1. The van der Waals surface area contributed by atoms with Gasteiger partial charge in [-0.3, -0.25) is 19.5 Å². The molecule has 49 heavy (non-hydrogen) atoms. The highest BCUT2D eigenvalue weighted by Crippen LogP contribution is 2.51. The van der Waals surface area contributed by atoms with E-state index in [9.17, 15) is 22.6 Å². The fourth-order valence-electron chi connectivity index (χ4n) is 3.78. The Hall–Kier alpha value is -3.08. The first-order valence-electron chi connectivity index (χ1n) is 14.6. The Morgan fingerprint density at radius 2 is 1.73 bits per heavy atom. The number of amides is 1. The molecule has 2 heterocycles. The topological polar surface area (TPSA) is 186 Å². The predicted molar refractivity (Wildman–Crippen MR) is 186 cm³/mol. The molecule has 4 rings (SSSR count). The molecular weight excluding hydrogens is 723 g/mol. The molecule has 18 heteroatoms. The zero-order chi connectivity index (χ0) is 35.3. The number of nitrogens with zero attached hydrogens (tertiary/aromatic N) is 1. The van der Waals surface area contributed by atoms with Crippen LogP contribution in [-0.4, -0.2) is 87.8 Å². The minimum Gasteiger partial charge on any atom is -0.485 e. The summed E-state index contributed by atoms with van der Waals surface area (Å²) in [5.41, 5.74) is 0.728. The number of aromatic nitrogens is 1. The number of carbonyl (C=O) groups is 2.